The number of carbonyl (C=O) groups excluding carboxylic acids is 7. The second-order valence-corrected chi connectivity index (χ2v) is 16.4. The summed E-state index contributed by atoms with van der Waals surface area (Å²) < 4.78 is 0. The zero-order valence-electron chi connectivity index (χ0n) is 35.5. The molecule has 342 valence electrons. The minimum atomic E-state index is -1.48. The second kappa shape index (κ2) is 23.4. The van der Waals surface area contributed by atoms with Crippen molar-refractivity contribution in [3.63, 3.8) is 0 Å². The van der Waals surface area contributed by atoms with E-state index in [0.29, 0.717) is 63.6 Å². The molecule has 21 heteroatoms. The van der Waals surface area contributed by atoms with Gasteiger partial charge in [-0.1, -0.05) is 44.2 Å². The Bertz CT molecular complexity index is 1790. The number of aliphatic hydroxyl groups excluding tert-OH is 1. The number of aliphatic hydroxyl groups is 1. The molecule has 0 aliphatic carbocycles. The fourth-order valence-electron chi connectivity index (χ4n) is 8.15. The quantitative estimate of drug-likeness (QED) is 0.0345. The van der Waals surface area contributed by atoms with E-state index in [9.17, 15) is 48.6 Å². The van der Waals surface area contributed by atoms with E-state index in [1.807, 2.05) is 13.8 Å². The maximum Gasteiger partial charge on any atom is 0.326 e. The van der Waals surface area contributed by atoms with Crippen molar-refractivity contribution in [2.45, 2.75) is 120 Å². The molecule has 7 atom stereocenters. The molecular weight excluding hydrogens is 807 g/mol. The van der Waals surface area contributed by atoms with Crippen LogP contribution in [0.1, 0.15) is 77.2 Å². The largest absolute Gasteiger partial charge is 0.480 e. The molecule has 1 aromatic carbocycles. The van der Waals surface area contributed by atoms with Gasteiger partial charge in [0, 0.05) is 32.6 Å². The van der Waals surface area contributed by atoms with Crippen LogP contribution in [0.15, 0.2) is 35.3 Å². The maximum atomic E-state index is 13.8. The Kier molecular flexibility index (Phi) is 18.4. The van der Waals surface area contributed by atoms with Crippen molar-refractivity contribution >= 4 is 53.3 Å². The van der Waals surface area contributed by atoms with E-state index in [2.05, 4.69) is 26.3 Å². The Morgan fingerprint density at radius 3 is 1.97 bits per heavy atom. The SMILES string of the molecule is CC(C)C[C@H](NC(=O)CNC(=O)[C@@H]1CCCN1C(=O)[C@@H]1CCCN1C(=O)[C@@H](N)CCCN=C(N)N)C(=O)N[C@@H](CO)C(=O)N1CCC[C@H]1C(=O)N[C@@H](Cc1ccccc1)C(=O)O. The Hall–Kier alpha value is -5.83. The number of nitrogens with one attached hydrogen (secondary N) is 4. The van der Waals surface area contributed by atoms with E-state index in [1.54, 1.807) is 30.3 Å². The standard InChI is InChI=1S/C41H63N11O10/c1-24(2)20-27(34(55)49-29(23-53)38(59)50-17-8-14-31(50)36(57)48-28(40(61)62)21-25-10-4-3-5-11-25)47-33(54)22-46-35(56)30-13-7-18-51(30)39(60)32-15-9-19-52(32)37(58)26(42)12-6-16-45-41(43)44/h3-5,10-11,24,26-32,53H,6-9,12-23,42H2,1-2H3,(H,46,56)(H,47,54)(H,48,57)(H,49,55)(H,61,62)(H4,43,44,45)/t26-,27-,28-,29-,30-,31-,32-/m0/s1. The minimum absolute atomic E-state index is 0.0212. The van der Waals surface area contributed by atoms with Gasteiger partial charge < -0.3 is 63.4 Å². The lowest BCUT2D eigenvalue weighted by Gasteiger charge is -2.32. The third-order valence-corrected chi connectivity index (χ3v) is 11.3. The summed E-state index contributed by atoms with van der Waals surface area (Å²) >= 11 is 0. The lowest BCUT2D eigenvalue weighted by molar-refractivity contribution is -0.147. The fraction of sp³-hybridized carbons (Fsp3) is 0.634. The number of carboxylic acids is 1. The van der Waals surface area contributed by atoms with Gasteiger partial charge in [-0.25, -0.2) is 4.79 Å². The zero-order chi connectivity index (χ0) is 45.5. The van der Waals surface area contributed by atoms with Gasteiger partial charge in [0.15, 0.2) is 5.96 Å². The average molecular weight is 870 g/mol. The maximum absolute atomic E-state index is 13.8. The first-order chi connectivity index (χ1) is 29.5. The molecule has 0 aromatic heterocycles. The second-order valence-electron chi connectivity index (χ2n) is 16.4. The summed E-state index contributed by atoms with van der Waals surface area (Å²) in [5.74, 6) is -5.68. The van der Waals surface area contributed by atoms with Crippen molar-refractivity contribution in [2.24, 2.45) is 28.1 Å². The highest BCUT2D eigenvalue weighted by Gasteiger charge is 2.43. The molecule has 0 bridgehead atoms. The highest BCUT2D eigenvalue weighted by molar-refractivity contribution is 5.97. The van der Waals surface area contributed by atoms with E-state index in [1.165, 1.54) is 14.7 Å². The number of benzene rings is 1. The molecule has 3 saturated heterocycles. The van der Waals surface area contributed by atoms with Gasteiger partial charge in [0.2, 0.25) is 41.4 Å². The van der Waals surface area contributed by atoms with Crippen LogP contribution < -0.4 is 38.5 Å². The Labute approximate surface area is 360 Å². The third kappa shape index (κ3) is 13.6. The van der Waals surface area contributed by atoms with E-state index >= 15 is 0 Å². The van der Waals surface area contributed by atoms with E-state index in [-0.39, 0.29) is 56.0 Å². The molecule has 1 aromatic rings. The number of hydrogen-bond donors (Lipinski definition) is 9. The number of hydrogen-bond acceptors (Lipinski definition) is 11. The Balaban J connectivity index is 1.31. The predicted octanol–water partition coefficient (Wildman–Crippen LogP) is -2.72. The molecule has 62 heavy (non-hydrogen) atoms. The third-order valence-electron chi connectivity index (χ3n) is 11.3. The number of guanidine groups is 1. The van der Waals surface area contributed by atoms with Crippen molar-refractivity contribution in [1.29, 1.82) is 0 Å². The minimum Gasteiger partial charge on any atom is -0.480 e. The zero-order valence-corrected chi connectivity index (χ0v) is 35.5. The summed E-state index contributed by atoms with van der Waals surface area (Å²) in [6.45, 7) is 3.34. The predicted molar refractivity (Wildman–Crippen MR) is 225 cm³/mol. The van der Waals surface area contributed by atoms with Crippen molar-refractivity contribution < 1.29 is 48.6 Å². The molecule has 0 radical (unpaired) electrons. The molecule has 4 rings (SSSR count). The first-order valence-corrected chi connectivity index (χ1v) is 21.3. The highest BCUT2D eigenvalue weighted by Crippen LogP contribution is 2.26. The summed E-state index contributed by atoms with van der Waals surface area (Å²) in [5, 5.41) is 30.2. The highest BCUT2D eigenvalue weighted by atomic mass is 16.4. The van der Waals surface area contributed by atoms with Crippen molar-refractivity contribution in [3.8, 4) is 0 Å². The van der Waals surface area contributed by atoms with Gasteiger partial charge in [-0.3, -0.25) is 38.6 Å². The van der Waals surface area contributed by atoms with Gasteiger partial charge in [0.1, 0.15) is 36.3 Å². The Morgan fingerprint density at radius 1 is 0.774 bits per heavy atom. The van der Waals surface area contributed by atoms with Crippen LogP contribution in [0, 0.1) is 5.92 Å². The first kappa shape index (κ1) is 48.8. The molecule has 0 unspecified atom stereocenters. The number of rotatable bonds is 21. The molecule has 3 aliphatic rings. The van der Waals surface area contributed by atoms with Gasteiger partial charge in [-0.15, -0.1) is 0 Å². The van der Waals surface area contributed by atoms with Crippen LogP contribution in [0.25, 0.3) is 0 Å². The van der Waals surface area contributed by atoms with Gasteiger partial charge in [0.05, 0.1) is 19.2 Å². The fourth-order valence-corrected chi connectivity index (χ4v) is 8.15. The molecule has 7 amide bonds. The van der Waals surface area contributed by atoms with Crippen molar-refractivity contribution in [2.75, 3.05) is 39.3 Å². The summed E-state index contributed by atoms with van der Waals surface area (Å²) in [7, 11) is 0. The molecule has 0 saturated carbocycles. The molecule has 21 nitrogen and oxygen atoms in total. The van der Waals surface area contributed by atoms with Gasteiger partial charge >= 0.3 is 5.97 Å². The van der Waals surface area contributed by atoms with E-state index < -0.39 is 90.9 Å². The summed E-state index contributed by atoms with van der Waals surface area (Å²) in [5.41, 5.74) is 17.6. The van der Waals surface area contributed by atoms with Crippen LogP contribution in [0.3, 0.4) is 0 Å². The number of amides is 7. The normalized spacial score (nSPS) is 20.5. The smallest absolute Gasteiger partial charge is 0.326 e. The molecule has 3 aliphatic heterocycles. The van der Waals surface area contributed by atoms with Crippen LogP contribution in [0.2, 0.25) is 0 Å². The van der Waals surface area contributed by atoms with Gasteiger partial charge in [-0.2, -0.15) is 0 Å². The molecule has 12 N–H and O–H groups in total. The van der Waals surface area contributed by atoms with E-state index in [0.717, 1.165) is 0 Å². The number of likely N-dealkylation sites (tertiary alicyclic amines) is 3. The van der Waals surface area contributed by atoms with Crippen LogP contribution >= 0.6 is 0 Å². The number of aliphatic carboxylic acids is 1. The first-order valence-electron chi connectivity index (χ1n) is 21.3. The van der Waals surface area contributed by atoms with Crippen molar-refractivity contribution in [1.82, 2.24) is 36.0 Å². The topological polar surface area (TPSA) is 325 Å². The Morgan fingerprint density at radius 2 is 1.37 bits per heavy atom. The molecule has 3 heterocycles. The lowest BCUT2D eigenvalue weighted by Crippen LogP contribution is -2.59. The van der Waals surface area contributed by atoms with Gasteiger partial charge in [0.25, 0.3) is 0 Å². The van der Waals surface area contributed by atoms with Crippen LogP contribution in [-0.4, -0.2) is 160 Å². The lowest BCUT2D eigenvalue weighted by atomic mass is 10.0. The van der Waals surface area contributed by atoms with E-state index in [4.69, 9.17) is 17.2 Å². The van der Waals surface area contributed by atoms with Crippen LogP contribution in [0.4, 0.5) is 0 Å². The number of carboxylic acid groups (broad SMARTS) is 1. The summed E-state index contributed by atoms with van der Waals surface area (Å²) in [4.78, 5) is 114. The summed E-state index contributed by atoms with van der Waals surface area (Å²) in [6.07, 6.45) is 3.48. The van der Waals surface area contributed by atoms with Crippen LogP contribution in [0.5, 0.6) is 0 Å². The molecule has 0 spiro atoms. The average Bonchev–Trinajstić information content (AvgIpc) is 4.04. The van der Waals surface area contributed by atoms with Crippen LogP contribution in [-0.2, 0) is 44.8 Å². The number of nitrogens with zero attached hydrogens (tertiary/aromatic N) is 4. The van der Waals surface area contributed by atoms with Gasteiger partial charge in [-0.05, 0) is 69.3 Å². The number of carbonyl (C=O) groups is 8. The van der Waals surface area contributed by atoms with Crippen molar-refractivity contribution in [3.05, 3.63) is 35.9 Å². The number of aliphatic imine (C=N–C) groups is 1. The number of nitrogens with two attached hydrogens (primary N) is 3. The monoisotopic (exact) mass is 869 g/mol. The molecule has 3 fully saturated rings. The molecular formula is C41H63N11O10. The summed E-state index contributed by atoms with van der Waals surface area (Å²) in [6, 6.07) is 1.27.